The van der Waals surface area contributed by atoms with Crippen molar-refractivity contribution in [1.82, 2.24) is 10.3 Å². The lowest BCUT2D eigenvalue weighted by Gasteiger charge is -2.35. The Hall–Kier alpha value is -1.62. The molecule has 2 aromatic rings. The molecule has 26 heavy (non-hydrogen) atoms. The molecule has 138 valence electrons. The number of nitrogens with zero attached hydrogens (tertiary/aromatic N) is 2. The molecule has 2 aliphatic rings. The zero-order valence-electron chi connectivity index (χ0n) is 15.5. The minimum absolute atomic E-state index is 0.0709. The SMILES string of the molecule is Cc1ccc(Cl)cc1CO[C@H]1CCc2ccc(N3CCNC[C@H]3C)nc21. The molecule has 2 heterocycles. The molecule has 2 atom stereocenters. The Morgan fingerprint density at radius 1 is 1.31 bits per heavy atom. The van der Waals surface area contributed by atoms with E-state index in [1.165, 1.54) is 11.1 Å². The molecule has 0 unspecified atom stereocenters. The largest absolute Gasteiger partial charge is 0.367 e. The fourth-order valence-electron chi connectivity index (χ4n) is 3.90. The Kier molecular flexibility index (Phi) is 5.16. The summed E-state index contributed by atoms with van der Waals surface area (Å²) in [5, 5.41) is 4.20. The maximum Gasteiger partial charge on any atom is 0.129 e. The average Bonchev–Trinajstić information content (AvgIpc) is 3.05. The van der Waals surface area contributed by atoms with Crippen molar-refractivity contribution < 1.29 is 4.74 Å². The first kappa shape index (κ1) is 17.8. The highest BCUT2D eigenvalue weighted by atomic mass is 35.5. The van der Waals surface area contributed by atoms with Gasteiger partial charge in [-0.15, -0.1) is 0 Å². The smallest absolute Gasteiger partial charge is 0.129 e. The van der Waals surface area contributed by atoms with Crippen molar-refractivity contribution in [3.05, 3.63) is 57.7 Å². The Bertz CT molecular complexity index is 795. The van der Waals surface area contributed by atoms with Gasteiger partial charge in [0.2, 0.25) is 0 Å². The van der Waals surface area contributed by atoms with Crippen molar-refractivity contribution in [2.45, 2.75) is 45.4 Å². The summed E-state index contributed by atoms with van der Waals surface area (Å²) in [5.41, 5.74) is 4.80. The second-order valence-corrected chi connectivity index (χ2v) is 7.81. The van der Waals surface area contributed by atoms with Crippen LogP contribution >= 0.6 is 11.6 Å². The van der Waals surface area contributed by atoms with Gasteiger partial charge in [0, 0.05) is 30.7 Å². The third-order valence-electron chi connectivity index (χ3n) is 5.53. The number of piperazine rings is 1. The first-order chi connectivity index (χ1) is 12.6. The summed E-state index contributed by atoms with van der Waals surface area (Å²) >= 11 is 6.14. The van der Waals surface area contributed by atoms with Crippen LogP contribution in [0.5, 0.6) is 0 Å². The minimum Gasteiger partial charge on any atom is -0.367 e. The number of fused-ring (bicyclic) bond motifs is 1. The number of benzene rings is 1. The van der Waals surface area contributed by atoms with Crippen LogP contribution in [0.2, 0.25) is 5.02 Å². The van der Waals surface area contributed by atoms with E-state index in [1.807, 2.05) is 18.2 Å². The third kappa shape index (κ3) is 3.59. The number of aromatic nitrogens is 1. The maximum absolute atomic E-state index is 6.27. The molecule has 0 saturated carbocycles. The van der Waals surface area contributed by atoms with Crippen molar-refractivity contribution in [3.8, 4) is 0 Å². The maximum atomic E-state index is 6.27. The minimum atomic E-state index is 0.0709. The van der Waals surface area contributed by atoms with E-state index in [9.17, 15) is 0 Å². The standard InChI is InChI=1S/C21H26ClN3O/c1-14-3-6-18(22)11-17(14)13-26-19-7-4-16-5-8-20(24-21(16)19)25-10-9-23-12-15(25)2/h3,5-6,8,11,15,19,23H,4,7,9-10,12-13H2,1-2H3/t15-,19+/m1/s1. The van der Waals surface area contributed by atoms with Crippen LogP contribution in [0.15, 0.2) is 30.3 Å². The highest BCUT2D eigenvalue weighted by Gasteiger charge is 2.27. The van der Waals surface area contributed by atoms with Gasteiger partial charge in [0.05, 0.1) is 12.3 Å². The summed E-state index contributed by atoms with van der Waals surface area (Å²) < 4.78 is 6.27. The quantitative estimate of drug-likeness (QED) is 0.879. The molecular weight excluding hydrogens is 346 g/mol. The van der Waals surface area contributed by atoms with Gasteiger partial charge in [-0.1, -0.05) is 23.7 Å². The molecule has 1 aromatic carbocycles. The zero-order chi connectivity index (χ0) is 18.1. The van der Waals surface area contributed by atoms with E-state index >= 15 is 0 Å². The number of hydrogen-bond acceptors (Lipinski definition) is 4. The van der Waals surface area contributed by atoms with Gasteiger partial charge in [-0.2, -0.15) is 0 Å². The number of aryl methyl sites for hydroxylation is 2. The van der Waals surface area contributed by atoms with Crippen molar-refractivity contribution >= 4 is 17.4 Å². The Morgan fingerprint density at radius 2 is 2.19 bits per heavy atom. The number of halogens is 1. The summed E-state index contributed by atoms with van der Waals surface area (Å²) in [6, 6.07) is 10.8. The molecule has 1 aliphatic heterocycles. The van der Waals surface area contributed by atoms with E-state index in [-0.39, 0.29) is 6.10 Å². The van der Waals surface area contributed by atoms with Gasteiger partial charge >= 0.3 is 0 Å². The normalized spacial score (nSPS) is 22.5. The van der Waals surface area contributed by atoms with Crippen molar-refractivity contribution in [2.24, 2.45) is 0 Å². The van der Waals surface area contributed by atoms with E-state index in [1.54, 1.807) is 0 Å². The average molecular weight is 372 g/mol. The number of hydrogen-bond donors (Lipinski definition) is 1. The van der Waals surface area contributed by atoms with Crippen molar-refractivity contribution in [3.63, 3.8) is 0 Å². The van der Waals surface area contributed by atoms with Gasteiger partial charge in [0.1, 0.15) is 11.9 Å². The number of pyridine rings is 1. The molecule has 0 bridgehead atoms. The van der Waals surface area contributed by atoms with Crippen LogP contribution in [-0.2, 0) is 17.8 Å². The lowest BCUT2D eigenvalue weighted by molar-refractivity contribution is 0.0383. The van der Waals surface area contributed by atoms with E-state index < -0.39 is 0 Å². The van der Waals surface area contributed by atoms with Crippen molar-refractivity contribution in [2.75, 3.05) is 24.5 Å². The summed E-state index contributed by atoms with van der Waals surface area (Å²) in [4.78, 5) is 7.40. The molecular formula is C21H26ClN3O. The third-order valence-corrected chi connectivity index (χ3v) is 5.76. The number of ether oxygens (including phenoxy) is 1. The summed E-state index contributed by atoms with van der Waals surface area (Å²) in [7, 11) is 0. The number of rotatable bonds is 4. The van der Waals surface area contributed by atoms with E-state index in [2.05, 4.69) is 36.2 Å². The second-order valence-electron chi connectivity index (χ2n) is 7.37. The Balaban J connectivity index is 1.51. The molecule has 1 saturated heterocycles. The van der Waals surface area contributed by atoms with Crippen molar-refractivity contribution in [1.29, 1.82) is 0 Å². The van der Waals surface area contributed by atoms with Crippen LogP contribution in [0, 0.1) is 6.92 Å². The number of anilines is 1. The first-order valence-electron chi connectivity index (χ1n) is 9.45. The van der Waals surface area contributed by atoms with E-state index in [0.717, 1.165) is 54.6 Å². The number of nitrogens with one attached hydrogen (secondary N) is 1. The molecule has 0 spiro atoms. The van der Waals surface area contributed by atoms with Gasteiger partial charge < -0.3 is 15.0 Å². The first-order valence-corrected chi connectivity index (χ1v) is 9.83. The Morgan fingerprint density at radius 3 is 3.04 bits per heavy atom. The summed E-state index contributed by atoms with van der Waals surface area (Å²) in [6.07, 6.45) is 2.11. The predicted octanol–water partition coefficient (Wildman–Crippen LogP) is 4.05. The van der Waals surface area contributed by atoms with Gasteiger partial charge in [-0.05, 0) is 61.6 Å². The molecule has 5 heteroatoms. The van der Waals surface area contributed by atoms with Gasteiger partial charge in [0.15, 0.2) is 0 Å². The lowest BCUT2D eigenvalue weighted by atomic mass is 10.1. The van der Waals surface area contributed by atoms with Gasteiger partial charge in [0.25, 0.3) is 0 Å². The molecule has 4 rings (SSSR count). The van der Waals surface area contributed by atoms with Gasteiger partial charge in [-0.3, -0.25) is 0 Å². The molecule has 1 N–H and O–H groups in total. The molecule has 4 nitrogen and oxygen atoms in total. The Labute approximate surface area is 160 Å². The van der Waals surface area contributed by atoms with Crippen LogP contribution in [0.4, 0.5) is 5.82 Å². The highest BCUT2D eigenvalue weighted by Crippen LogP contribution is 2.35. The van der Waals surface area contributed by atoms with E-state index in [4.69, 9.17) is 21.3 Å². The predicted molar refractivity (Wildman–Crippen MR) is 106 cm³/mol. The fourth-order valence-corrected chi connectivity index (χ4v) is 4.09. The zero-order valence-corrected chi connectivity index (χ0v) is 16.2. The van der Waals surface area contributed by atoms with Crippen LogP contribution < -0.4 is 10.2 Å². The molecule has 1 aliphatic carbocycles. The topological polar surface area (TPSA) is 37.4 Å². The van der Waals surface area contributed by atoms with Crippen LogP contribution in [-0.4, -0.2) is 30.7 Å². The van der Waals surface area contributed by atoms with E-state index in [0.29, 0.717) is 12.6 Å². The van der Waals surface area contributed by atoms with Crippen LogP contribution in [0.25, 0.3) is 0 Å². The van der Waals surface area contributed by atoms with Gasteiger partial charge in [-0.25, -0.2) is 4.98 Å². The van der Waals surface area contributed by atoms with Crippen LogP contribution in [0.3, 0.4) is 0 Å². The highest BCUT2D eigenvalue weighted by molar-refractivity contribution is 6.30. The molecule has 1 fully saturated rings. The second kappa shape index (κ2) is 7.55. The van der Waals surface area contributed by atoms with Crippen LogP contribution in [0.1, 0.15) is 41.8 Å². The lowest BCUT2D eigenvalue weighted by Crippen LogP contribution is -2.50. The monoisotopic (exact) mass is 371 g/mol. The molecule has 0 radical (unpaired) electrons. The fraction of sp³-hybridized carbons (Fsp3) is 0.476. The molecule has 1 aromatic heterocycles. The summed E-state index contributed by atoms with van der Waals surface area (Å²) in [5.74, 6) is 1.08. The molecule has 0 amide bonds. The summed E-state index contributed by atoms with van der Waals surface area (Å²) in [6.45, 7) is 7.94.